The Bertz CT molecular complexity index is 528. The normalized spacial score (nSPS) is 21.2. The molecule has 0 radical (unpaired) electrons. The topological polar surface area (TPSA) is 92.0 Å². The average molecular weight is 304 g/mol. The number of likely N-dealkylation sites (N-methyl/N-ethyl adjacent to an activating group) is 1. The van der Waals surface area contributed by atoms with Crippen molar-refractivity contribution in [2.24, 2.45) is 0 Å². The van der Waals surface area contributed by atoms with Crippen LogP contribution in [0.4, 0.5) is 0 Å². The minimum atomic E-state index is -3.70. The first-order valence-corrected chi connectivity index (χ1v) is 8.06. The molecule has 0 saturated carbocycles. The minimum absolute atomic E-state index is 0.161. The lowest BCUT2D eigenvalue weighted by Crippen LogP contribution is -2.47. The maximum atomic E-state index is 12.0. The Morgan fingerprint density at radius 3 is 2.95 bits per heavy atom. The molecule has 20 heavy (non-hydrogen) atoms. The van der Waals surface area contributed by atoms with Crippen LogP contribution in [0.2, 0.25) is 0 Å². The van der Waals surface area contributed by atoms with Crippen molar-refractivity contribution in [1.82, 2.24) is 9.62 Å². The summed E-state index contributed by atoms with van der Waals surface area (Å²) in [7, 11) is -3.70. The summed E-state index contributed by atoms with van der Waals surface area (Å²) in [6.45, 7) is 5.05. The van der Waals surface area contributed by atoms with Crippen LogP contribution < -0.4 is 4.72 Å². The third-order valence-electron chi connectivity index (χ3n) is 3.23. The van der Waals surface area contributed by atoms with Gasteiger partial charge in [-0.1, -0.05) is 6.92 Å². The standard InChI is InChI=1S/C12H20N2O5S/c1-2-14-5-6-18-11(8-14)7-13-20(16,17)12-4-3-10(9-15)19-12/h3-4,11,13,15H,2,5-9H2,1H3. The fourth-order valence-electron chi connectivity index (χ4n) is 2.05. The van der Waals surface area contributed by atoms with Gasteiger partial charge in [-0.3, -0.25) is 4.90 Å². The molecule has 0 aliphatic carbocycles. The second kappa shape index (κ2) is 6.68. The number of morpholine rings is 1. The zero-order chi connectivity index (χ0) is 14.6. The van der Waals surface area contributed by atoms with Crippen molar-refractivity contribution in [2.75, 3.05) is 32.8 Å². The number of hydrogen-bond acceptors (Lipinski definition) is 6. The third kappa shape index (κ3) is 3.80. The molecule has 1 saturated heterocycles. The number of nitrogens with zero attached hydrogens (tertiary/aromatic N) is 1. The molecule has 2 rings (SSSR count). The first kappa shape index (κ1) is 15.5. The van der Waals surface area contributed by atoms with Crippen LogP contribution in [0.3, 0.4) is 0 Å². The minimum Gasteiger partial charge on any atom is -0.446 e. The third-order valence-corrected chi connectivity index (χ3v) is 4.52. The number of furan rings is 1. The Hall–Kier alpha value is -0.930. The lowest BCUT2D eigenvalue weighted by Gasteiger charge is -2.31. The molecule has 1 aromatic rings. The van der Waals surface area contributed by atoms with Crippen LogP contribution in [0.25, 0.3) is 0 Å². The molecule has 0 amide bonds. The summed E-state index contributed by atoms with van der Waals surface area (Å²) in [4.78, 5) is 2.21. The van der Waals surface area contributed by atoms with Crippen LogP contribution in [0.5, 0.6) is 0 Å². The number of ether oxygens (including phenoxy) is 1. The van der Waals surface area contributed by atoms with Gasteiger partial charge in [0, 0.05) is 19.6 Å². The van der Waals surface area contributed by atoms with Gasteiger partial charge >= 0.3 is 0 Å². The lowest BCUT2D eigenvalue weighted by atomic mass is 10.3. The Morgan fingerprint density at radius 2 is 2.30 bits per heavy atom. The van der Waals surface area contributed by atoms with Crippen LogP contribution >= 0.6 is 0 Å². The number of aliphatic hydroxyl groups excluding tert-OH is 1. The predicted molar refractivity (Wildman–Crippen MR) is 71.7 cm³/mol. The summed E-state index contributed by atoms with van der Waals surface area (Å²) in [5.41, 5.74) is 0. The molecule has 1 fully saturated rings. The van der Waals surface area contributed by atoms with Crippen LogP contribution in [0.15, 0.2) is 21.6 Å². The zero-order valence-electron chi connectivity index (χ0n) is 11.4. The van der Waals surface area contributed by atoms with E-state index in [1.807, 2.05) is 0 Å². The smallest absolute Gasteiger partial charge is 0.274 e. The average Bonchev–Trinajstić information content (AvgIpc) is 2.95. The van der Waals surface area contributed by atoms with E-state index in [0.717, 1.165) is 13.1 Å². The maximum absolute atomic E-state index is 12.0. The molecule has 2 N–H and O–H groups in total. The molecule has 114 valence electrons. The molecule has 2 heterocycles. The predicted octanol–water partition coefficient (Wildman–Crippen LogP) is -0.229. The second-order valence-corrected chi connectivity index (χ2v) is 6.31. The van der Waals surface area contributed by atoms with Gasteiger partial charge in [0.15, 0.2) is 0 Å². The Labute approximate surface area is 118 Å². The summed E-state index contributed by atoms with van der Waals surface area (Å²) in [6.07, 6.45) is -0.161. The van der Waals surface area contributed by atoms with Gasteiger partial charge in [0.05, 0.1) is 12.7 Å². The SMILES string of the molecule is CCN1CCOC(CNS(=O)(=O)c2ccc(CO)o2)C1. The fourth-order valence-corrected chi connectivity index (χ4v) is 3.06. The van der Waals surface area contributed by atoms with Gasteiger partial charge in [0.2, 0.25) is 5.09 Å². The van der Waals surface area contributed by atoms with Crippen LogP contribution in [0, 0.1) is 0 Å². The first-order valence-electron chi connectivity index (χ1n) is 6.58. The van der Waals surface area contributed by atoms with Crippen LogP contribution in [0.1, 0.15) is 12.7 Å². The van der Waals surface area contributed by atoms with E-state index in [1.54, 1.807) is 0 Å². The molecule has 1 aliphatic heterocycles. The molecule has 0 bridgehead atoms. The van der Waals surface area contributed by atoms with Gasteiger partial charge in [0.1, 0.15) is 12.4 Å². The molecule has 1 atom stereocenters. The van der Waals surface area contributed by atoms with Gasteiger partial charge in [-0.15, -0.1) is 0 Å². The van der Waals surface area contributed by atoms with Crippen molar-refractivity contribution < 1.29 is 22.7 Å². The van der Waals surface area contributed by atoms with Gasteiger partial charge < -0.3 is 14.3 Å². The van der Waals surface area contributed by atoms with Crippen molar-refractivity contribution in [3.05, 3.63) is 17.9 Å². The Balaban J connectivity index is 1.92. The van der Waals surface area contributed by atoms with E-state index in [0.29, 0.717) is 13.2 Å². The number of aliphatic hydroxyl groups is 1. The van der Waals surface area contributed by atoms with Gasteiger partial charge in [-0.2, -0.15) is 0 Å². The summed E-state index contributed by atoms with van der Waals surface area (Å²) >= 11 is 0. The molecule has 8 heteroatoms. The van der Waals surface area contributed by atoms with Crippen LogP contribution in [-0.4, -0.2) is 57.3 Å². The number of hydrogen-bond donors (Lipinski definition) is 2. The molecular formula is C12H20N2O5S. The molecular weight excluding hydrogens is 284 g/mol. The number of nitrogens with one attached hydrogen (secondary N) is 1. The highest BCUT2D eigenvalue weighted by atomic mass is 32.2. The van der Waals surface area contributed by atoms with E-state index in [-0.39, 0.29) is 30.1 Å². The monoisotopic (exact) mass is 304 g/mol. The fraction of sp³-hybridized carbons (Fsp3) is 0.667. The van der Waals surface area contributed by atoms with E-state index in [4.69, 9.17) is 14.3 Å². The van der Waals surface area contributed by atoms with E-state index in [9.17, 15) is 8.42 Å². The lowest BCUT2D eigenvalue weighted by molar-refractivity contribution is -0.0229. The van der Waals surface area contributed by atoms with E-state index in [2.05, 4.69) is 16.5 Å². The summed E-state index contributed by atoms with van der Waals surface area (Å²) < 4.78 is 37.0. The van der Waals surface area contributed by atoms with E-state index >= 15 is 0 Å². The summed E-state index contributed by atoms with van der Waals surface area (Å²) in [5, 5.41) is 8.68. The highest BCUT2D eigenvalue weighted by molar-refractivity contribution is 7.89. The first-order chi connectivity index (χ1) is 9.55. The molecule has 7 nitrogen and oxygen atoms in total. The molecule has 1 aliphatic rings. The summed E-state index contributed by atoms with van der Waals surface area (Å²) in [6, 6.07) is 2.76. The Morgan fingerprint density at radius 1 is 1.50 bits per heavy atom. The van der Waals surface area contributed by atoms with Gasteiger partial charge in [-0.05, 0) is 18.7 Å². The van der Waals surface area contributed by atoms with E-state index < -0.39 is 10.0 Å². The maximum Gasteiger partial charge on any atom is 0.274 e. The molecule has 0 spiro atoms. The van der Waals surface area contributed by atoms with Crippen LogP contribution in [-0.2, 0) is 21.4 Å². The van der Waals surface area contributed by atoms with Gasteiger partial charge in [0.25, 0.3) is 10.0 Å². The van der Waals surface area contributed by atoms with Crippen molar-refractivity contribution in [3.8, 4) is 0 Å². The molecule has 0 aromatic carbocycles. The highest BCUT2D eigenvalue weighted by Crippen LogP contribution is 2.14. The van der Waals surface area contributed by atoms with Crippen molar-refractivity contribution in [2.45, 2.75) is 24.7 Å². The molecule has 1 unspecified atom stereocenters. The second-order valence-electron chi connectivity index (χ2n) is 4.62. The zero-order valence-corrected chi connectivity index (χ0v) is 12.2. The van der Waals surface area contributed by atoms with Crippen molar-refractivity contribution in [1.29, 1.82) is 0 Å². The van der Waals surface area contributed by atoms with Crippen molar-refractivity contribution >= 4 is 10.0 Å². The highest BCUT2D eigenvalue weighted by Gasteiger charge is 2.24. The summed E-state index contributed by atoms with van der Waals surface area (Å²) in [5.74, 6) is 0.219. The number of sulfonamides is 1. The van der Waals surface area contributed by atoms with Crippen molar-refractivity contribution in [3.63, 3.8) is 0 Å². The number of rotatable bonds is 6. The van der Waals surface area contributed by atoms with E-state index in [1.165, 1.54) is 12.1 Å². The van der Waals surface area contributed by atoms with Gasteiger partial charge in [-0.25, -0.2) is 13.1 Å². The molecule has 1 aromatic heterocycles. The Kier molecular flexibility index (Phi) is 5.17. The largest absolute Gasteiger partial charge is 0.446 e. The quantitative estimate of drug-likeness (QED) is 0.754.